The molecule has 3 aromatic carbocycles. The van der Waals surface area contributed by atoms with Crippen LogP contribution in [0.4, 0.5) is 5.69 Å². The molecule has 1 amide bonds. The van der Waals surface area contributed by atoms with Gasteiger partial charge in [0.15, 0.2) is 10.1 Å². The number of hydrogen-bond donors (Lipinski definition) is 1. The molecule has 1 heterocycles. The van der Waals surface area contributed by atoms with Crippen molar-refractivity contribution in [1.82, 2.24) is 4.98 Å². The van der Waals surface area contributed by atoms with Gasteiger partial charge in [0.2, 0.25) is 0 Å². The first-order chi connectivity index (χ1) is 13.7. The van der Waals surface area contributed by atoms with E-state index in [-0.39, 0.29) is 11.7 Å². The number of Topliss-reactive ketones (excluding diaryl/α,β-unsaturated/α-hetero) is 1. The van der Waals surface area contributed by atoms with Crippen LogP contribution in [0.25, 0.3) is 10.2 Å². The standard InChI is InChI=1S/C22H16N2O2S2/c25-19(15-7-3-1-4-8-15)14-27-22-24-18-12-11-17(13-20(18)28-22)23-21(26)16-9-5-2-6-10-16/h1-13H,14H2,(H,23,26). The summed E-state index contributed by atoms with van der Waals surface area (Å²) in [5.74, 6) is 0.287. The molecule has 4 rings (SSSR count). The van der Waals surface area contributed by atoms with Crippen LogP contribution in [0.15, 0.2) is 83.2 Å². The van der Waals surface area contributed by atoms with Gasteiger partial charge in [-0.2, -0.15) is 0 Å². The SMILES string of the molecule is O=C(CSc1nc2ccc(NC(=O)c3ccccc3)cc2s1)c1ccccc1. The van der Waals surface area contributed by atoms with Gasteiger partial charge < -0.3 is 5.32 Å². The van der Waals surface area contributed by atoms with Crippen molar-refractivity contribution >= 4 is 50.7 Å². The third-order valence-corrected chi connectivity index (χ3v) is 6.25. The fourth-order valence-corrected chi connectivity index (χ4v) is 4.67. The first kappa shape index (κ1) is 18.4. The zero-order valence-electron chi connectivity index (χ0n) is 14.8. The van der Waals surface area contributed by atoms with Crippen LogP contribution in [0.5, 0.6) is 0 Å². The molecule has 0 saturated carbocycles. The Kier molecular flexibility index (Phi) is 5.50. The van der Waals surface area contributed by atoms with Gasteiger partial charge in [0.05, 0.1) is 16.0 Å². The fraction of sp³-hybridized carbons (Fsp3) is 0.0455. The Balaban J connectivity index is 1.44. The molecule has 0 bridgehead atoms. The van der Waals surface area contributed by atoms with Gasteiger partial charge in [0, 0.05) is 16.8 Å². The van der Waals surface area contributed by atoms with Crippen LogP contribution in [-0.4, -0.2) is 22.4 Å². The number of ketones is 1. The van der Waals surface area contributed by atoms with Crippen molar-refractivity contribution in [1.29, 1.82) is 0 Å². The topological polar surface area (TPSA) is 59.1 Å². The number of thioether (sulfide) groups is 1. The highest BCUT2D eigenvalue weighted by atomic mass is 32.2. The van der Waals surface area contributed by atoms with Crippen molar-refractivity contribution in [2.75, 3.05) is 11.1 Å². The average Bonchev–Trinajstić information content (AvgIpc) is 3.15. The smallest absolute Gasteiger partial charge is 0.255 e. The van der Waals surface area contributed by atoms with Crippen LogP contribution in [-0.2, 0) is 0 Å². The van der Waals surface area contributed by atoms with Gasteiger partial charge in [-0.15, -0.1) is 11.3 Å². The summed E-state index contributed by atoms with van der Waals surface area (Å²) in [6.07, 6.45) is 0. The lowest BCUT2D eigenvalue weighted by Crippen LogP contribution is -2.11. The zero-order valence-corrected chi connectivity index (χ0v) is 16.4. The molecule has 4 nitrogen and oxygen atoms in total. The maximum atomic E-state index is 12.3. The monoisotopic (exact) mass is 404 g/mol. The highest BCUT2D eigenvalue weighted by Gasteiger charge is 2.11. The lowest BCUT2D eigenvalue weighted by atomic mass is 10.2. The Morgan fingerprint density at radius 2 is 1.57 bits per heavy atom. The summed E-state index contributed by atoms with van der Waals surface area (Å²) in [6.45, 7) is 0. The number of thiazole rings is 1. The number of carbonyl (C=O) groups excluding carboxylic acids is 2. The quantitative estimate of drug-likeness (QED) is 0.339. The highest BCUT2D eigenvalue weighted by molar-refractivity contribution is 8.01. The molecule has 0 fully saturated rings. The van der Waals surface area contributed by atoms with E-state index in [2.05, 4.69) is 10.3 Å². The van der Waals surface area contributed by atoms with Crippen LogP contribution in [0.3, 0.4) is 0 Å². The third kappa shape index (κ3) is 4.30. The second-order valence-electron chi connectivity index (χ2n) is 6.06. The maximum absolute atomic E-state index is 12.3. The van der Waals surface area contributed by atoms with Gasteiger partial charge in [-0.05, 0) is 30.3 Å². The number of hydrogen-bond acceptors (Lipinski definition) is 5. The minimum Gasteiger partial charge on any atom is -0.322 e. The molecule has 138 valence electrons. The highest BCUT2D eigenvalue weighted by Crippen LogP contribution is 2.31. The van der Waals surface area contributed by atoms with E-state index in [0.717, 1.165) is 20.2 Å². The molecule has 0 aliphatic carbocycles. The molecular formula is C22H16N2O2S2. The van der Waals surface area contributed by atoms with Crippen molar-refractivity contribution in [3.63, 3.8) is 0 Å². The summed E-state index contributed by atoms with van der Waals surface area (Å²) < 4.78 is 1.81. The molecule has 0 unspecified atom stereocenters. The lowest BCUT2D eigenvalue weighted by Gasteiger charge is -2.04. The van der Waals surface area contributed by atoms with Crippen LogP contribution >= 0.6 is 23.1 Å². The molecule has 1 N–H and O–H groups in total. The number of anilines is 1. The van der Waals surface area contributed by atoms with Gasteiger partial charge in [0.25, 0.3) is 5.91 Å². The summed E-state index contributed by atoms with van der Waals surface area (Å²) in [5.41, 5.74) is 2.91. The molecule has 6 heteroatoms. The first-order valence-electron chi connectivity index (χ1n) is 8.67. The molecule has 0 aliphatic heterocycles. The molecule has 0 spiro atoms. The number of amides is 1. The Morgan fingerprint density at radius 1 is 0.893 bits per heavy atom. The number of fused-ring (bicyclic) bond motifs is 1. The van der Waals surface area contributed by atoms with Crippen LogP contribution in [0, 0.1) is 0 Å². The Morgan fingerprint density at radius 3 is 2.29 bits per heavy atom. The molecule has 1 aromatic heterocycles. The van der Waals surface area contributed by atoms with Crippen molar-refractivity contribution in [3.05, 3.63) is 90.0 Å². The maximum Gasteiger partial charge on any atom is 0.255 e. The molecular weight excluding hydrogens is 388 g/mol. The summed E-state index contributed by atoms with van der Waals surface area (Å²) in [4.78, 5) is 29.1. The van der Waals surface area contributed by atoms with Crippen LogP contribution in [0.1, 0.15) is 20.7 Å². The fourth-order valence-electron chi connectivity index (χ4n) is 2.67. The van der Waals surface area contributed by atoms with Gasteiger partial charge >= 0.3 is 0 Å². The van der Waals surface area contributed by atoms with E-state index in [1.807, 2.05) is 66.7 Å². The molecule has 0 saturated heterocycles. The second-order valence-corrected chi connectivity index (χ2v) is 8.31. The number of nitrogens with zero attached hydrogens (tertiary/aromatic N) is 1. The summed E-state index contributed by atoms with van der Waals surface area (Å²) in [6, 6.07) is 24.0. The molecule has 28 heavy (non-hydrogen) atoms. The van der Waals surface area contributed by atoms with Gasteiger partial charge in [-0.3, -0.25) is 9.59 Å². The van der Waals surface area contributed by atoms with E-state index < -0.39 is 0 Å². The minimum absolute atomic E-state index is 0.0840. The lowest BCUT2D eigenvalue weighted by molar-refractivity contribution is 0.101. The van der Waals surface area contributed by atoms with Crippen molar-refractivity contribution in [2.24, 2.45) is 0 Å². The minimum atomic E-state index is -0.146. The average molecular weight is 405 g/mol. The third-order valence-electron chi connectivity index (χ3n) is 4.09. The summed E-state index contributed by atoms with van der Waals surface area (Å²) in [5, 5.41) is 2.91. The Bertz CT molecular complexity index is 1130. The van der Waals surface area contributed by atoms with E-state index >= 15 is 0 Å². The van der Waals surface area contributed by atoms with Crippen molar-refractivity contribution in [2.45, 2.75) is 4.34 Å². The van der Waals surface area contributed by atoms with Gasteiger partial charge in [0.1, 0.15) is 0 Å². The second kappa shape index (κ2) is 8.37. The van der Waals surface area contributed by atoms with Gasteiger partial charge in [-0.1, -0.05) is 60.3 Å². The summed E-state index contributed by atoms with van der Waals surface area (Å²) >= 11 is 2.96. The van der Waals surface area contributed by atoms with E-state index in [1.165, 1.54) is 23.1 Å². The van der Waals surface area contributed by atoms with Gasteiger partial charge in [-0.25, -0.2) is 4.98 Å². The van der Waals surface area contributed by atoms with E-state index in [1.54, 1.807) is 12.1 Å². The predicted octanol–water partition coefficient (Wildman–Crippen LogP) is 5.52. The number of aromatic nitrogens is 1. The molecule has 4 aromatic rings. The van der Waals surface area contributed by atoms with E-state index in [4.69, 9.17) is 0 Å². The number of nitrogens with one attached hydrogen (secondary N) is 1. The largest absolute Gasteiger partial charge is 0.322 e. The number of benzene rings is 3. The van der Waals surface area contributed by atoms with Crippen molar-refractivity contribution < 1.29 is 9.59 Å². The molecule has 0 aliphatic rings. The Hall–Kier alpha value is -2.96. The van der Waals surface area contributed by atoms with E-state index in [0.29, 0.717) is 16.9 Å². The predicted molar refractivity (Wildman–Crippen MR) is 116 cm³/mol. The summed E-state index contributed by atoms with van der Waals surface area (Å²) in [7, 11) is 0. The zero-order chi connectivity index (χ0) is 19.3. The number of rotatable bonds is 6. The number of carbonyl (C=O) groups is 2. The first-order valence-corrected chi connectivity index (χ1v) is 10.5. The Labute approximate surface area is 170 Å². The van der Waals surface area contributed by atoms with E-state index in [9.17, 15) is 9.59 Å². The van der Waals surface area contributed by atoms with Crippen LogP contribution in [0.2, 0.25) is 0 Å². The normalized spacial score (nSPS) is 10.7. The molecule has 0 atom stereocenters. The molecule has 0 radical (unpaired) electrons. The van der Waals surface area contributed by atoms with Crippen LogP contribution < -0.4 is 5.32 Å². The van der Waals surface area contributed by atoms with Crippen molar-refractivity contribution in [3.8, 4) is 0 Å².